The Hall–Kier alpha value is -1.91. The van der Waals surface area contributed by atoms with Crippen LogP contribution in [0.4, 0.5) is 4.79 Å². The van der Waals surface area contributed by atoms with Crippen molar-refractivity contribution in [2.45, 2.75) is 46.0 Å². The van der Waals surface area contributed by atoms with Crippen molar-refractivity contribution in [2.75, 3.05) is 6.61 Å². The number of rotatable bonds is 8. The van der Waals surface area contributed by atoms with Crippen LogP contribution in [0.25, 0.3) is 0 Å². The summed E-state index contributed by atoms with van der Waals surface area (Å²) in [6, 6.07) is 3.20. The maximum atomic E-state index is 10.5. The van der Waals surface area contributed by atoms with E-state index in [9.17, 15) is 9.90 Å². The Bertz CT molecular complexity index is 442. The molecule has 5 heteroatoms. The number of hydrogen-bond acceptors (Lipinski definition) is 4. The van der Waals surface area contributed by atoms with Crippen LogP contribution in [-0.2, 0) is 6.42 Å². The van der Waals surface area contributed by atoms with Crippen LogP contribution in [0.15, 0.2) is 12.1 Å². The van der Waals surface area contributed by atoms with Crippen LogP contribution in [0.5, 0.6) is 17.2 Å². The normalized spacial score (nSPS) is 10.3. The number of carboxylic acid groups (broad SMARTS) is 1. The minimum absolute atomic E-state index is 0.0988. The predicted molar refractivity (Wildman–Crippen MR) is 75.8 cm³/mol. The first-order valence-corrected chi connectivity index (χ1v) is 6.98. The number of carbonyl (C=O) groups is 1. The number of phenolic OH excluding ortho intramolecular Hbond substituents is 1. The number of ether oxygens (including phenoxy) is 2. The molecule has 5 nitrogen and oxygen atoms in total. The summed E-state index contributed by atoms with van der Waals surface area (Å²) in [5.41, 5.74) is 0.873. The van der Waals surface area contributed by atoms with Gasteiger partial charge >= 0.3 is 6.16 Å². The lowest BCUT2D eigenvalue weighted by Crippen LogP contribution is -2.05. The van der Waals surface area contributed by atoms with Crippen molar-refractivity contribution in [3.63, 3.8) is 0 Å². The average molecular weight is 282 g/mol. The molecule has 0 bridgehead atoms. The number of aromatic hydroxyl groups is 1. The second kappa shape index (κ2) is 8.30. The predicted octanol–water partition coefficient (Wildman–Crippen LogP) is 3.97. The van der Waals surface area contributed by atoms with Crippen LogP contribution in [0.1, 0.15) is 45.1 Å². The summed E-state index contributed by atoms with van der Waals surface area (Å²) < 4.78 is 9.94. The van der Waals surface area contributed by atoms with Crippen molar-refractivity contribution in [1.82, 2.24) is 0 Å². The zero-order chi connectivity index (χ0) is 15.0. The number of benzene rings is 1. The van der Waals surface area contributed by atoms with Crippen molar-refractivity contribution in [2.24, 2.45) is 0 Å². The van der Waals surface area contributed by atoms with Crippen molar-refractivity contribution >= 4 is 6.16 Å². The van der Waals surface area contributed by atoms with Gasteiger partial charge in [-0.2, -0.15) is 0 Å². The third kappa shape index (κ3) is 4.64. The van der Waals surface area contributed by atoms with E-state index in [1.165, 1.54) is 12.5 Å². The minimum Gasteiger partial charge on any atom is -0.502 e. The molecule has 112 valence electrons. The summed E-state index contributed by atoms with van der Waals surface area (Å²) in [6.07, 6.45) is 3.79. The van der Waals surface area contributed by atoms with E-state index in [0.717, 1.165) is 31.2 Å². The van der Waals surface area contributed by atoms with Crippen LogP contribution >= 0.6 is 0 Å². The smallest absolute Gasteiger partial charge is 0.502 e. The SMILES string of the molecule is CCCCCCc1ccc(OC(=O)O)c(O)c1OCC. The number of phenols is 1. The van der Waals surface area contributed by atoms with Crippen LogP contribution in [0, 0.1) is 0 Å². The van der Waals surface area contributed by atoms with Crippen molar-refractivity contribution in [1.29, 1.82) is 0 Å². The number of unbranched alkanes of at least 4 members (excludes halogenated alkanes) is 3. The molecule has 1 rings (SSSR count). The van der Waals surface area contributed by atoms with Crippen LogP contribution < -0.4 is 9.47 Å². The highest BCUT2D eigenvalue weighted by Crippen LogP contribution is 2.39. The first-order chi connectivity index (χ1) is 9.60. The van der Waals surface area contributed by atoms with Crippen molar-refractivity contribution in [3.05, 3.63) is 17.7 Å². The molecule has 0 radical (unpaired) electrons. The fourth-order valence-electron chi connectivity index (χ4n) is 2.02. The van der Waals surface area contributed by atoms with E-state index < -0.39 is 6.16 Å². The largest absolute Gasteiger partial charge is 0.511 e. The minimum atomic E-state index is -1.46. The van der Waals surface area contributed by atoms with E-state index in [0.29, 0.717) is 12.4 Å². The Morgan fingerprint density at radius 3 is 2.55 bits per heavy atom. The van der Waals surface area contributed by atoms with Crippen LogP contribution in [0.2, 0.25) is 0 Å². The van der Waals surface area contributed by atoms with E-state index in [2.05, 4.69) is 11.7 Å². The second-order valence-electron chi connectivity index (χ2n) is 4.51. The molecular weight excluding hydrogens is 260 g/mol. The van der Waals surface area contributed by atoms with Gasteiger partial charge in [-0.15, -0.1) is 0 Å². The van der Waals surface area contributed by atoms with Crippen LogP contribution in [0.3, 0.4) is 0 Å². The summed E-state index contributed by atoms with van der Waals surface area (Å²) >= 11 is 0. The highest BCUT2D eigenvalue weighted by Gasteiger charge is 2.16. The highest BCUT2D eigenvalue weighted by molar-refractivity contribution is 5.65. The molecule has 0 amide bonds. The maximum absolute atomic E-state index is 10.5. The van der Waals surface area contributed by atoms with Gasteiger partial charge < -0.3 is 19.7 Å². The lowest BCUT2D eigenvalue weighted by atomic mass is 10.0. The van der Waals surface area contributed by atoms with Gasteiger partial charge in [0.2, 0.25) is 5.75 Å². The zero-order valence-corrected chi connectivity index (χ0v) is 12.0. The van der Waals surface area contributed by atoms with E-state index >= 15 is 0 Å². The van der Waals surface area contributed by atoms with Gasteiger partial charge in [0.1, 0.15) is 0 Å². The third-order valence-electron chi connectivity index (χ3n) is 2.96. The summed E-state index contributed by atoms with van der Waals surface area (Å²) in [4.78, 5) is 10.5. The molecule has 0 saturated carbocycles. The highest BCUT2D eigenvalue weighted by atomic mass is 16.7. The summed E-state index contributed by atoms with van der Waals surface area (Å²) in [5, 5.41) is 18.6. The van der Waals surface area contributed by atoms with Gasteiger partial charge in [-0.25, -0.2) is 4.79 Å². The zero-order valence-electron chi connectivity index (χ0n) is 12.0. The first-order valence-electron chi connectivity index (χ1n) is 6.98. The van der Waals surface area contributed by atoms with Gasteiger partial charge in [-0.05, 0) is 31.4 Å². The Kier molecular flexibility index (Phi) is 6.70. The Labute approximate surface area is 119 Å². The van der Waals surface area contributed by atoms with E-state index in [-0.39, 0.29) is 11.5 Å². The van der Waals surface area contributed by atoms with Crippen LogP contribution in [-0.4, -0.2) is 23.0 Å². The van der Waals surface area contributed by atoms with Crippen molar-refractivity contribution < 1.29 is 24.5 Å². The quantitative estimate of drug-likeness (QED) is 0.428. The van der Waals surface area contributed by atoms with Gasteiger partial charge in [-0.3, -0.25) is 0 Å². The fraction of sp³-hybridized carbons (Fsp3) is 0.533. The molecule has 0 fully saturated rings. The lowest BCUT2D eigenvalue weighted by Gasteiger charge is -2.14. The Morgan fingerprint density at radius 1 is 1.20 bits per heavy atom. The molecule has 0 aliphatic rings. The molecule has 2 N–H and O–H groups in total. The summed E-state index contributed by atoms with van der Waals surface area (Å²) in [7, 11) is 0. The maximum Gasteiger partial charge on any atom is 0.511 e. The van der Waals surface area contributed by atoms with Gasteiger partial charge in [0, 0.05) is 0 Å². The molecular formula is C15H22O5. The average Bonchev–Trinajstić information content (AvgIpc) is 2.41. The molecule has 1 aromatic carbocycles. The monoisotopic (exact) mass is 282 g/mol. The molecule has 0 unspecified atom stereocenters. The summed E-state index contributed by atoms with van der Waals surface area (Å²) in [6.45, 7) is 4.35. The topological polar surface area (TPSA) is 76.0 Å². The van der Waals surface area contributed by atoms with Crippen molar-refractivity contribution in [3.8, 4) is 17.2 Å². The summed E-state index contributed by atoms with van der Waals surface area (Å²) in [5.74, 6) is -0.0248. The fourth-order valence-corrected chi connectivity index (χ4v) is 2.02. The molecule has 0 aliphatic heterocycles. The standard InChI is InChI=1S/C15H22O5/c1-3-5-6-7-8-11-9-10-12(20-15(17)18)13(16)14(11)19-4-2/h9-10,16H,3-8H2,1-2H3,(H,17,18). The van der Waals surface area contributed by atoms with Gasteiger partial charge in [0.15, 0.2) is 11.5 Å². The molecule has 0 heterocycles. The molecule has 0 spiro atoms. The van der Waals surface area contributed by atoms with E-state index in [4.69, 9.17) is 9.84 Å². The molecule has 0 saturated heterocycles. The first kappa shape index (κ1) is 16.1. The molecule has 20 heavy (non-hydrogen) atoms. The Morgan fingerprint density at radius 2 is 1.95 bits per heavy atom. The van der Waals surface area contributed by atoms with Gasteiger partial charge in [-0.1, -0.05) is 32.3 Å². The molecule has 0 aliphatic carbocycles. The second-order valence-corrected chi connectivity index (χ2v) is 4.51. The van der Waals surface area contributed by atoms with E-state index in [1.54, 1.807) is 6.07 Å². The number of hydrogen-bond donors (Lipinski definition) is 2. The third-order valence-corrected chi connectivity index (χ3v) is 2.96. The number of aryl methyl sites for hydroxylation is 1. The van der Waals surface area contributed by atoms with Gasteiger partial charge in [0.05, 0.1) is 6.61 Å². The molecule has 0 atom stereocenters. The molecule has 0 aromatic heterocycles. The van der Waals surface area contributed by atoms with Gasteiger partial charge in [0.25, 0.3) is 0 Å². The molecule has 1 aromatic rings. The van der Waals surface area contributed by atoms with E-state index in [1.807, 2.05) is 6.92 Å². The lowest BCUT2D eigenvalue weighted by molar-refractivity contribution is 0.142. The Balaban J connectivity index is 2.88.